The molecule has 1 rings (SSSR count). The Morgan fingerprint density at radius 3 is 2.92 bits per heavy atom. The highest BCUT2D eigenvalue weighted by Crippen LogP contribution is 2.20. The molecule has 0 saturated heterocycles. The molecule has 0 aromatic carbocycles. The average molecular weight is 185 g/mol. The molecule has 1 aromatic heterocycles. The van der Waals surface area contributed by atoms with Gasteiger partial charge >= 0.3 is 0 Å². The predicted octanol–water partition coefficient (Wildman–Crippen LogP) is 1.96. The number of hydrogen-bond acceptors (Lipinski definition) is 3. The maximum atomic E-state index is 6.05. The first kappa shape index (κ1) is 9.71. The van der Waals surface area contributed by atoms with E-state index in [1.807, 2.05) is 25.3 Å². The molecule has 0 aliphatic heterocycles. The Hall–Kier alpha value is -0.380. The molecule has 0 bridgehead atoms. The smallest absolute Gasteiger partial charge is 0.0685 e. The van der Waals surface area contributed by atoms with Gasteiger partial charge in [-0.15, -0.1) is 0 Å². The molecule has 0 spiro atoms. The zero-order valence-electron chi connectivity index (χ0n) is 7.54. The van der Waals surface area contributed by atoms with Crippen LogP contribution in [0.25, 0.3) is 0 Å². The maximum absolute atomic E-state index is 6.05. The zero-order chi connectivity index (χ0) is 9.03. The average Bonchev–Trinajstić information content (AvgIpc) is 2.53. The quantitative estimate of drug-likeness (QED) is 0.778. The van der Waals surface area contributed by atoms with Gasteiger partial charge in [0.05, 0.1) is 12.1 Å². The van der Waals surface area contributed by atoms with E-state index in [4.69, 9.17) is 10.5 Å². The summed E-state index contributed by atoms with van der Waals surface area (Å²) < 4.78 is 5.30. The molecule has 0 fully saturated rings. The summed E-state index contributed by atoms with van der Waals surface area (Å²) in [6.07, 6.45) is 0. The monoisotopic (exact) mass is 185 g/mol. The second kappa shape index (κ2) is 4.03. The van der Waals surface area contributed by atoms with Crippen molar-refractivity contribution in [1.82, 2.24) is 0 Å². The van der Waals surface area contributed by atoms with Gasteiger partial charge in [0.1, 0.15) is 0 Å². The molecule has 0 saturated carbocycles. The Morgan fingerprint density at radius 2 is 2.42 bits per heavy atom. The van der Waals surface area contributed by atoms with E-state index < -0.39 is 0 Å². The van der Waals surface area contributed by atoms with Crippen LogP contribution in [0.4, 0.5) is 0 Å². The van der Waals surface area contributed by atoms with Crippen LogP contribution < -0.4 is 5.73 Å². The number of ether oxygens (including phenoxy) is 1. The summed E-state index contributed by atoms with van der Waals surface area (Å²) >= 11 is 1.66. The third-order valence-corrected chi connectivity index (χ3v) is 2.47. The number of hydrogen-bond donors (Lipinski definition) is 1. The fraction of sp³-hybridized carbons (Fsp3) is 0.556. The van der Waals surface area contributed by atoms with Gasteiger partial charge in [0.15, 0.2) is 0 Å². The van der Waals surface area contributed by atoms with Crippen molar-refractivity contribution in [3.63, 3.8) is 0 Å². The molecule has 1 atom stereocenters. The van der Waals surface area contributed by atoms with Gasteiger partial charge in [0.2, 0.25) is 0 Å². The second-order valence-electron chi connectivity index (χ2n) is 3.07. The number of nitrogens with two attached hydrogens (primary N) is 1. The van der Waals surface area contributed by atoms with Crippen LogP contribution in [-0.2, 0) is 10.3 Å². The van der Waals surface area contributed by atoms with Gasteiger partial charge in [0.25, 0.3) is 0 Å². The first-order valence-corrected chi connectivity index (χ1v) is 5.00. The molecule has 0 aliphatic rings. The molecule has 1 unspecified atom stereocenters. The van der Waals surface area contributed by atoms with Crippen molar-refractivity contribution < 1.29 is 4.74 Å². The van der Waals surface area contributed by atoms with Gasteiger partial charge in [-0.2, -0.15) is 11.3 Å². The van der Waals surface area contributed by atoms with Crippen molar-refractivity contribution >= 4 is 11.3 Å². The van der Waals surface area contributed by atoms with Crippen molar-refractivity contribution in [1.29, 1.82) is 0 Å². The van der Waals surface area contributed by atoms with Crippen LogP contribution in [0.1, 0.15) is 19.4 Å². The highest BCUT2D eigenvalue weighted by Gasteiger charge is 2.21. The minimum atomic E-state index is -0.337. The van der Waals surface area contributed by atoms with Crippen LogP contribution >= 0.6 is 11.3 Å². The van der Waals surface area contributed by atoms with E-state index in [-0.39, 0.29) is 5.54 Å². The molecular weight excluding hydrogens is 170 g/mol. The fourth-order valence-corrected chi connectivity index (χ4v) is 1.79. The van der Waals surface area contributed by atoms with Crippen molar-refractivity contribution in [3.8, 4) is 0 Å². The molecule has 0 radical (unpaired) electrons. The van der Waals surface area contributed by atoms with E-state index in [2.05, 4.69) is 5.38 Å². The Bertz CT molecular complexity index is 218. The first-order chi connectivity index (χ1) is 5.67. The topological polar surface area (TPSA) is 35.2 Å². The predicted molar refractivity (Wildman–Crippen MR) is 52.4 cm³/mol. The Labute approximate surface area is 77.3 Å². The van der Waals surface area contributed by atoms with Crippen LogP contribution in [0.2, 0.25) is 0 Å². The Balaban J connectivity index is 2.59. The van der Waals surface area contributed by atoms with E-state index in [9.17, 15) is 0 Å². The summed E-state index contributed by atoms with van der Waals surface area (Å²) in [6, 6.07) is 2.05. The van der Waals surface area contributed by atoms with Gasteiger partial charge < -0.3 is 10.5 Å². The molecule has 12 heavy (non-hydrogen) atoms. The Morgan fingerprint density at radius 1 is 1.67 bits per heavy atom. The van der Waals surface area contributed by atoms with Gasteiger partial charge in [-0.3, -0.25) is 0 Å². The van der Waals surface area contributed by atoms with Crippen molar-refractivity contribution in [3.05, 3.63) is 22.4 Å². The van der Waals surface area contributed by atoms with E-state index in [1.54, 1.807) is 11.3 Å². The third kappa shape index (κ3) is 2.30. The van der Waals surface area contributed by atoms with Crippen molar-refractivity contribution in [2.75, 3.05) is 13.2 Å². The summed E-state index contributed by atoms with van der Waals surface area (Å²) in [5.74, 6) is 0. The summed E-state index contributed by atoms with van der Waals surface area (Å²) in [4.78, 5) is 0. The zero-order valence-corrected chi connectivity index (χ0v) is 8.36. The summed E-state index contributed by atoms with van der Waals surface area (Å²) in [5, 5.41) is 4.10. The van der Waals surface area contributed by atoms with Crippen molar-refractivity contribution in [2.24, 2.45) is 5.73 Å². The first-order valence-electron chi connectivity index (χ1n) is 4.06. The molecule has 1 heterocycles. The molecule has 0 aliphatic carbocycles. The van der Waals surface area contributed by atoms with E-state index in [0.29, 0.717) is 6.61 Å². The second-order valence-corrected chi connectivity index (χ2v) is 3.85. The lowest BCUT2D eigenvalue weighted by Crippen LogP contribution is -2.37. The van der Waals surface area contributed by atoms with Crippen LogP contribution in [0.5, 0.6) is 0 Å². The molecule has 0 amide bonds. The number of thiophene rings is 1. The third-order valence-electron chi connectivity index (χ3n) is 1.79. The van der Waals surface area contributed by atoms with Crippen LogP contribution in [0.15, 0.2) is 16.8 Å². The molecule has 68 valence electrons. The maximum Gasteiger partial charge on any atom is 0.0685 e. The molecular formula is C9H15NOS. The van der Waals surface area contributed by atoms with E-state index >= 15 is 0 Å². The summed E-state index contributed by atoms with van der Waals surface area (Å²) in [6.45, 7) is 5.27. The summed E-state index contributed by atoms with van der Waals surface area (Å²) in [5.41, 5.74) is 6.87. The van der Waals surface area contributed by atoms with E-state index in [0.717, 1.165) is 12.2 Å². The van der Waals surface area contributed by atoms with Crippen LogP contribution in [-0.4, -0.2) is 13.2 Å². The normalized spacial score (nSPS) is 15.9. The van der Waals surface area contributed by atoms with Crippen molar-refractivity contribution in [2.45, 2.75) is 19.4 Å². The highest BCUT2D eigenvalue weighted by molar-refractivity contribution is 7.08. The van der Waals surface area contributed by atoms with Gasteiger partial charge in [-0.25, -0.2) is 0 Å². The molecule has 2 nitrogen and oxygen atoms in total. The van der Waals surface area contributed by atoms with Crippen LogP contribution in [0, 0.1) is 0 Å². The van der Waals surface area contributed by atoms with Gasteiger partial charge in [-0.1, -0.05) is 0 Å². The highest BCUT2D eigenvalue weighted by atomic mass is 32.1. The summed E-state index contributed by atoms with van der Waals surface area (Å²) in [7, 11) is 0. The molecule has 1 aromatic rings. The minimum absolute atomic E-state index is 0.337. The fourth-order valence-electron chi connectivity index (χ4n) is 0.987. The molecule has 2 N–H and O–H groups in total. The van der Waals surface area contributed by atoms with Gasteiger partial charge in [-0.05, 0) is 36.2 Å². The molecule has 3 heteroatoms. The lowest BCUT2D eigenvalue weighted by molar-refractivity contribution is 0.101. The van der Waals surface area contributed by atoms with Gasteiger partial charge in [0, 0.05) is 6.61 Å². The van der Waals surface area contributed by atoms with E-state index in [1.165, 1.54) is 0 Å². The van der Waals surface area contributed by atoms with Crippen LogP contribution in [0.3, 0.4) is 0 Å². The lowest BCUT2D eigenvalue weighted by Gasteiger charge is -2.23. The largest absolute Gasteiger partial charge is 0.379 e. The number of rotatable bonds is 4. The SMILES string of the molecule is CCOCC(C)(N)c1ccsc1. The standard InChI is InChI=1S/C9H15NOS/c1-3-11-7-9(2,10)8-4-5-12-6-8/h4-6H,3,7,10H2,1-2H3. The minimum Gasteiger partial charge on any atom is -0.379 e. The lowest BCUT2D eigenvalue weighted by atomic mass is 9.98. The Kier molecular flexibility index (Phi) is 3.26.